The van der Waals surface area contributed by atoms with Crippen LogP contribution < -0.4 is 0 Å². The first-order valence-electron chi connectivity index (χ1n) is 5.79. The minimum Gasteiger partial charge on any atom is -0.393 e. The Labute approximate surface area is 110 Å². The van der Waals surface area contributed by atoms with Gasteiger partial charge in [0.25, 0.3) is 0 Å². The zero-order chi connectivity index (χ0) is 13.2. The average molecular weight is 272 g/mol. The van der Waals surface area contributed by atoms with E-state index in [0.717, 1.165) is 5.56 Å². The summed E-state index contributed by atoms with van der Waals surface area (Å²) in [4.78, 5) is 12.9. The average Bonchev–Trinajstić information content (AvgIpc) is 2.77. The standard InChI is InChI=1S/C13H15ClFNO2/c14-6-12(18)16-7-11(13(15,8-16)9-17)10-4-2-1-3-5-10/h1-5,11,17H,6-9H2. The molecule has 3 nitrogen and oxygen atoms in total. The summed E-state index contributed by atoms with van der Waals surface area (Å²) in [6.07, 6.45) is 0. The molecule has 0 aliphatic carbocycles. The third-order valence-corrected chi connectivity index (χ3v) is 3.64. The lowest BCUT2D eigenvalue weighted by Crippen LogP contribution is -2.37. The summed E-state index contributed by atoms with van der Waals surface area (Å²) in [5.74, 6) is -0.968. The quantitative estimate of drug-likeness (QED) is 0.848. The Balaban J connectivity index is 2.26. The number of carbonyl (C=O) groups is 1. The molecular formula is C13H15ClFNO2. The van der Waals surface area contributed by atoms with Gasteiger partial charge in [-0.05, 0) is 5.56 Å². The van der Waals surface area contributed by atoms with Crippen LogP contribution in [0.2, 0.25) is 0 Å². The Morgan fingerprint density at radius 2 is 2.17 bits per heavy atom. The number of hydrogen-bond donors (Lipinski definition) is 1. The fourth-order valence-electron chi connectivity index (χ4n) is 2.40. The van der Waals surface area contributed by atoms with E-state index in [-0.39, 0.29) is 24.9 Å². The Hall–Kier alpha value is -1.13. The minimum atomic E-state index is -1.79. The number of rotatable bonds is 3. The van der Waals surface area contributed by atoms with Crippen LogP contribution >= 0.6 is 11.6 Å². The van der Waals surface area contributed by atoms with E-state index < -0.39 is 18.2 Å². The maximum atomic E-state index is 14.7. The Kier molecular flexibility index (Phi) is 3.88. The second-order valence-electron chi connectivity index (χ2n) is 4.56. The molecule has 1 aliphatic rings. The van der Waals surface area contributed by atoms with Crippen molar-refractivity contribution in [3.8, 4) is 0 Å². The first-order chi connectivity index (χ1) is 8.60. The molecule has 1 heterocycles. The van der Waals surface area contributed by atoms with E-state index in [4.69, 9.17) is 11.6 Å². The smallest absolute Gasteiger partial charge is 0.237 e. The lowest BCUT2D eigenvalue weighted by Gasteiger charge is -2.23. The Bertz CT molecular complexity index is 428. The number of aliphatic hydroxyl groups excluding tert-OH is 1. The van der Waals surface area contributed by atoms with E-state index in [2.05, 4.69) is 0 Å². The third-order valence-electron chi connectivity index (χ3n) is 3.41. The number of carbonyl (C=O) groups excluding carboxylic acids is 1. The van der Waals surface area contributed by atoms with Crippen molar-refractivity contribution in [2.45, 2.75) is 11.6 Å². The number of benzene rings is 1. The molecule has 2 atom stereocenters. The lowest BCUT2D eigenvalue weighted by molar-refractivity contribution is -0.128. The van der Waals surface area contributed by atoms with Gasteiger partial charge in [0.2, 0.25) is 5.91 Å². The van der Waals surface area contributed by atoms with Gasteiger partial charge in [0.05, 0.1) is 13.2 Å². The number of alkyl halides is 2. The van der Waals surface area contributed by atoms with Crippen molar-refractivity contribution in [2.24, 2.45) is 0 Å². The molecule has 0 aromatic heterocycles. The lowest BCUT2D eigenvalue weighted by atomic mass is 9.87. The van der Waals surface area contributed by atoms with Crippen LogP contribution in [-0.4, -0.2) is 47.2 Å². The predicted molar refractivity (Wildman–Crippen MR) is 67.4 cm³/mol. The van der Waals surface area contributed by atoms with E-state index in [0.29, 0.717) is 0 Å². The molecule has 1 amide bonds. The van der Waals surface area contributed by atoms with E-state index in [1.807, 2.05) is 30.3 Å². The van der Waals surface area contributed by atoms with Gasteiger partial charge >= 0.3 is 0 Å². The largest absolute Gasteiger partial charge is 0.393 e. The topological polar surface area (TPSA) is 40.5 Å². The first-order valence-corrected chi connectivity index (χ1v) is 6.32. The molecule has 1 aliphatic heterocycles. The predicted octanol–water partition coefficient (Wildman–Crippen LogP) is 1.55. The molecule has 0 spiro atoms. The highest BCUT2D eigenvalue weighted by Crippen LogP contribution is 2.38. The van der Waals surface area contributed by atoms with Crippen LogP contribution in [0.4, 0.5) is 4.39 Å². The molecule has 18 heavy (non-hydrogen) atoms. The van der Waals surface area contributed by atoms with E-state index in [9.17, 15) is 14.3 Å². The molecule has 5 heteroatoms. The zero-order valence-electron chi connectivity index (χ0n) is 9.85. The highest BCUT2D eigenvalue weighted by molar-refractivity contribution is 6.27. The number of aliphatic hydroxyl groups is 1. The van der Waals surface area contributed by atoms with Gasteiger partial charge in [-0.25, -0.2) is 4.39 Å². The van der Waals surface area contributed by atoms with Gasteiger partial charge in [0, 0.05) is 12.5 Å². The summed E-state index contributed by atoms with van der Waals surface area (Å²) in [5.41, 5.74) is -0.998. The van der Waals surface area contributed by atoms with Crippen LogP contribution in [0, 0.1) is 0 Å². The normalized spacial score (nSPS) is 27.5. The molecule has 0 radical (unpaired) electrons. The summed E-state index contributed by atoms with van der Waals surface area (Å²) < 4.78 is 14.7. The van der Waals surface area contributed by atoms with Gasteiger partial charge in [-0.2, -0.15) is 0 Å². The maximum Gasteiger partial charge on any atom is 0.237 e. The first kappa shape index (κ1) is 13.3. The third kappa shape index (κ3) is 2.35. The summed E-state index contributed by atoms with van der Waals surface area (Å²) in [7, 11) is 0. The van der Waals surface area contributed by atoms with E-state index >= 15 is 0 Å². The highest BCUT2D eigenvalue weighted by atomic mass is 35.5. The Morgan fingerprint density at radius 1 is 1.50 bits per heavy atom. The van der Waals surface area contributed by atoms with Crippen molar-refractivity contribution in [2.75, 3.05) is 25.6 Å². The second kappa shape index (κ2) is 5.24. The number of nitrogens with zero attached hydrogens (tertiary/aromatic N) is 1. The number of likely N-dealkylation sites (tertiary alicyclic amines) is 1. The van der Waals surface area contributed by atoms with Crippen LogP contribution in [-0.2, 0) is 4.79 Å². The molecule has 1 saturated heterocycles. The highest BCUT2D eigenvalue weighted by Gasteiger charge is 2.48. The monoisotopic (exact) mass is 271 g/mol. The molecule has 98 valence electrons. The van der Waals surface area contributed by atoms with Crippen LogP contribution in [0.3, 0.4) is 0 Å². The number of halogens is 2. The van der Waals surface area contributed by atoms with Crippen molar-refractivity contribution < 1.29 is 14.3 Å². The molecule has 1 aromatic rings. The van der Waals surface area contributed by atoms with Gasteiger partial charge in [0.15, 0.2) is 5.67 Å². The maximum absolute atomic E-state index is 14.7. The zero-order valence-corrected chi connectivity index (χ0v) is 10.6. The van der Waals surface area contributed by atoms with Crippen molar-refractivity contribution >= 4 is 17.5 Å². The van der Waals surface area contributed by atoms with E-state index in [1.165, 1.54) is 4.90 Å². The van der Waals surface area contributed by atoms with Crippen molar-refractivity contribution in [3.63, 3.8) is 0 Å². The SMILES string of the molecule is O=C(CCl)N1CC(c2ccccc2)C(F)(CO)C1. The molecule has 2 rings (SSSR count). The van der Waals surface area contributed by atoms with Crippen molar-refractivity contribution in [1.29, 1.82) is 0 Å². The summed E-state index contributed by atoms with van der Waals surface area (Å²) in [6, 6.07) is 9.10. The summed E-state index contributed by atoms with van der Waals surface area (Å²) in [5, 5.41) is 9.28. The second-order valence-corrected chi connectivity index (χ2v) is 4.83. The van der Waals surface area contributed by atoms with Gasteiger partial charge in [-0.1, -0.05) is 30.3 Å². The van der Waals surface area contributed by atoms with Crippen molar-refractivity contribution in [1.82, 2.24) is 4.90 Å². The Morgan fingerprint density at radius 3 is 2.72 bits per heavy atom. The van der Waals surface area contributed by atoms with Crippen LogP contribution in [0.25, 0.3) is 0 Å². The van der Waals surface area contributed by atoms with Gasteiger partial charge in [-0.15, -0.1) is 11.6 Å². The van der Waals surface area contributed by atoms with Crippen molar-refractivity contribution in [3.05, 3.63) is 35.9 Å². The number of hydrogen-bond acceptors (Lipinski definition) is 2. The molecule has 0 bridgehead atoms. The minimum absolute atomic E-state index is 0.103. The van der Waals surface area contributed by atoms with Gasteiger partial charge < -0.3 is 10.0 Å². The molecule has 2 unspecified atom stereocenters. The molecular weight excluding hydrogens is 257 g/mol. The van der Waals surface area contributed by atoms with Crippen LogP contribution in [0.15, 0.2) is 30.3 Å². The number of amides is 1. The summed E-state index contributed by atoms with van der Waals surface area (Å²) in [6.45, 7) is -0.445. The van der Waals surface area contributed by atoms with Gasteiger partial charge in [-0.3, -0.25) is 4.79 Å². The molecule has 1 aromatic carbocycles. The molecule has 1 N–H and O–H groups in total. The fourth-order valence-corrected chi connectivity index (χ4v) is 2.57. The fraction of sp³-hybridized carbons (Fsp3) is 0.462. The van der Waals surface area contributed by atoms with E-state index in [1.54, 1.807) is 0 Å². The molecule has 1 fully saturated rings. The summed E-state index contributed by atoms with van der Waals surface area (Å²) >= 11 is 5.49. The van der Waals surface area contributed by atoms with Gasteiger partial charge in [0.1, 0.15) is 5.88 Å². The van der Waals surface area contributed by atoms with Crippen LogP contribution in [0.1, 0.15) is 11.5 Å². The van der Waals surface area contributed by atoms with Crippen LogP contribution in [0.5, 0.6) is 0 Å². The molecule has 0 saturated carbocycles.